The molecule has 6 heteroatoms. The highest BCUT2D eigenvalue weighted by Gasteiger charge is 2.22. The van der Waals surface area contributed by atoms with E-state index < -0.39 is 5.97 Å². The molecule has 0 atom stereocenters. The summed E-state index contributed by atoms with van der Waals surface area (Å²) in [6.07, 6.45) is 1.34. The Kier molecular flexibility index (Phi) is 6.77. The van der Waals surface area contributed by atoms with E-state index in [2.05, 4.69) is 0 Å². The molecule has 0 bridgehead atoms. The van der Waals surface area contributed by atoms with Crippen molar-refractivity contribution >= 4 is 29.1 Å². The van der Waals surface area contributed by atoms with Gasteiger partial charge in [-0.3, -0.25) is 19.2 Å². The topological polar surface area (TPSA) is 80.8 Å². The van der Waals surface area contributed by atoms with Crippen molar-refractivity contribution in [2.24, 2.45) is 0 Å². The first kappa shape index (κ1) is 21.4. The maximum absolute atomic E-state index is 12.3. The Hall–Kier alpha value is -3.28. The van der Waals surface area contributed by atoms with E-state index in [-0.39, 0.29) is 36.9 Å². The van der Waals surface area contributed by atoms with E-state index in [1.54, 1.807) is 29.2 Å². The summed E-state index contributed by atoms with van der Waals surface area (Å²) in [4.78, 5) is 50.0. The highest BCUT2D eigenvalue weighted by molar-refractivity contribution is 6.00. The lowest BCUT2D eigenvalue weighted by molar-refractivity contribution is -0.142. The molecule has 1 aliphatic rings. The monoisotopic (exact) mass is 407 g/mol. The molecule has 1 heterocycles. The second-order valence-corrected chi connectivity index (χ2v) is 7.52. The minimum Gasteiger partial charge on any atom is -0.457 e. The first-order chi connectivity index (χ1) is 14.3. The third-order valence-corrected chi connectivity index (χ3v) is 5.19. The highest BCUT2D eigenvalue weighted by Crippen LogP contribution is 2.21. The number of ketones is 2. The van der Waals surface area contributed by atoms with Crippen LogP contribution in [0.2, 0.25) is 0 Å². The molecular weight excluding hydrogens is 382 g/mol. The van der Waals surface area contributed by atoms with Crippen LogP contribution < -0.4 is 4.90 Å². The van der Waals surface area contributed by atoms with Gasteiger partial charge in [-0.15, -0.1) is 0 Å². The van der Waals surface area contributed by atoms with Crippen molar-refractivity contribution in [2.45, 2.75) is 39.5 Å². The van der Waals surface area contributed by atoms with Crippen LogP contribution in [0.5, 0.6) is 0 Å². The summed E-state index contributed by atoms with van der Waals surface area (Å²) in [5.74, 6) is -0.949. The highest BCUT2D eigenvalue weighted by atomic mass is 16.5. The van der Waals surface area contributed by atoms with Crippen molar-refractivity contribution in [3.63, 3.8) is 0 Å². The number of amides is 1. The zero-order chi connectivity index (χ0) is 21.7. The molecule has 2 aromatic carbocycles. The largest absolute Gasteiger partial charge is 0.457 e. The van der Waals surface area contributed by atoms with Crippen molar-refractivity contribution in [1.29, 1.82) is 0 Å². The summed E-state index contributed by atoms with van der Waals surface area (Å²) in [6, 6.07) is 12.3. The van der Waals surface area contributed by atoms with Gasteiger partial charge in [-0.1, -0.05) is 17.7 Å². The molecular formula is C24H25NO5. The van der Waals surface area contributed by atoms with Gasteiger partial charge in [0.1, 0.15) is 0 Å². The van der Waals surface area contributed by atoms with Crippen LogP contribution in [0.3, 0.4) is 0 Å². The first-order valence-corrected chi connectivity index (χ1v) is 10.0. The van der Waals surface area contributed by atoms with Crippen LogP contribution in [0, 0.1) is 13.8 Å². The average molecular weight is 407 g/mol. The zero-order valence-electron chi connectivity index (χ0n) is 17.3. The Labute approximate surface area is 175 Å². The molecule has 6 nitrogen and oxygen atoms in total. The van der Waals surface area contributed by atoms with Crippen LogP contribution in [0.4, 0.5) is 5.69 Å². The summed E-state index contributed by atoms with van der Waals surface area (Å²) in [7, 11) is 0. The van der Waals surface area contributed by atoms with E-state index >= 15 is 0 Å². The third-order valence-electron chi connectivity index (χ3n) is 5.19. The van der Waals surface area contributed by atoms with Gasteiger partial charge >= 0.3 is 5.97 Å². The van der Waals surface area contributed by atoms with E-state index in [1.807, 2.05) is 32.0 Å². The standard InChI is InChI=1S/C24H25NO5/c1-16-5-6-17(2)20(14-16)21(26)11-12-24(29)30-15-22(27)18-7-9-19(10-8-18)25-13-3-4-23(25)28/h5-10,14H,3-4,11-13,15H2,1-2H3. The number of nitrogens with zero attached hydrogens (tertiary/aromatic N) is 1. The lowest BCUT2D eigenvalue weighted by Crippen LogP contribution is -2.23. The molecule has 0 radical (unpaired) electrons. The van der Waals surface area contributed by atoms with Crippen LogP contribution in [0.1, 0.15) is 57.5 Å². The summed E-state index contributed by atoms with van der Waals surface area (Å²) in [5.41, 5.74) is 3.63. The number of Topliss-reactive ketones (excluding diaryl/α,β-unsaturated/α-hetero) is 2. The zero-order valence-corrected chi connectivity index (χ0v) is 17.3. The predicted molar refractivity (Wildman–Crippen MR) is 113 cm³/mol. The normalized spacial score (nSPS) is 13.4. The van der Waals surface area contributed by atoms with Gasteiger partial charge in [-0.2, -0.15) is 0 Å². The van der Waals surface area contributed by atoms with Crippen molar-refractivity contribution in [3.05, 3.63) is 64.7 Å². The van der Waals surface area contributed by atoms with E-state index in [0.717, 1.165) is 23.2 Å². The average Bonchev–Trinajstić information content (AvgIpc) is 3.18. The maximum Gasteiger partial charge on any atom is 0.306 e. The molecule has 0 unspecified atom stereocenters. The van der Waals surface area contributed by atoms with Crippen LogP contribution in [0.25, 0.3) is 0 Å². The second kappa shape index (κ2) is 9.48. The fraction of sp³-hybridized carbons (Fsp3) is 0.333. The molecule has 30 heavy (non-hydrogen) atoms. The van der Waals surface area contributed by atoms with Gasteiger partial charge in [0.15, 0.2) is 18.2 Å². The minimum atomic E-state index is -0.582. The van der Waals surface area contributed by atoms with Gasteiger partial charge in [0.25, 0.3) is 0 Å². The molecule has 1 fully saturated rings. The molecule has 0 N–H and O–H groups in total. The number of anilines is 1. The predicted octanol–water partition coefficient (Wildman–Crippen LogP) is 3.82. The quantitative estimate of drug-likeness (QED) is 0.491. The van der Waals surface area contributed by atoms with Crippen molar-refractivity contribution < 1.29 is 23.9 Å². The smallest absolute Gasteiger partial charge is 0.306 e. The third kappa shape index (κ3) is 5.20. The van der Waals surface area contributed by atoms with Crippen LogP contribution >= 0.6 is 0 Å². The van der Waals surface area contributed by atoms with Gasteiger partial charge < -0.3 is 9.64 Å². The molecule has 1 amide bonds. The number of carbonyl (C=O) groups is 4. The SMILES string of the molecule is Cc1ccc(C)c(C(=O)CCC(=O)OCC(=O)c2ccc(N3CCCC3=O)cc2)c1. The molecule has 1 aliphatic heterocycles. The molecule has 156 valence electrons. The lowest BCUT2D eigenvalue weighted by Gasteiger charge is -2.15. The number of rotatable bonds is 8. The van der Waals surface area contributed by atoms with Crippen LogP contribution in [-0.4, -0.2) is 36.6 Å². The fourth-order valence-electron chi connectivity index (χ4n) is 3.44. The summed E-state index contributed by atoms with van der Waals surface area (Å²) in [6.45, 7) is 4.07. The number of hydrogen-bond acceptors (Lipinski definition) is 5. The Morgan fingerprint density at radius 3 is 2.37 bits per heavy atom. The lowest BCUT2D eigenvalue weighted by atomic mass is 9.99. The number of ether oxygens (including phenoxy) is 1. The fourth-order valence-corrected chi connectivity index (χ4v) is 3.44. The molecule has 1 saturated heterocycles. The summed E-state index contributed by atoms with van der Waals surface area (Å²) >= 11 is 0. The van der Waals surface area contributed by atoms with E-state index in [9.17, 15) is 19.2 Å². The Morgan fingerprint density at radius 1 is 0.967 bits per heavy atom. The molecule has 0 saturated carbocycles. The van der Waals surface area contributed by atoms with Gasteiger partial charge in [-0.25, -0.2) is 0 Å². The minimum absolute atomic E-state index is 0.0376. The van der Waals surface area contributed by atoms with Gasteiger partial charge in [-0.05, 0) is 56.2 Å². The molecule has 0 aromatic heterocycles. The summed E-state index contributed by atoms with van der Waals surface area (Å²) < 4.78 is 5.04. The molecule has 0 aliphatic carbocycles. The van der Waals surface area contributed by atoms with Gasteiger partial charge in [0.05, 0.1) is 6.42 Å². The first-order valence-electron chi connectivity index (χ1n) is 10.0. The van der Waals surface area contributed by atoms with E-state index in [4.69, 9.17) is 4.74 Å². The molecule has 0 spiro atoms. The van der Waals surface area contributed by atoms with Gasteiger partial charge in [0, 0.05) is 36.2 Å². The van der Waals surface area contributed by atoms with Gasteiger partial charge in [0.2, 0.25) is 5.91 Å². The molecule has 3 rings (SSSR count). The number of esters is 1. The number of carbonyl (C=O) groups excluding carboxylic acids is 4. The van der Waals surface area contributed by atoms with Crippen LogP contribution in [-0.2, 0) is 14.3 Å². The van der Waals surface area contributed by atoms with Crippen molar-refractivity contribution in [1.82, 2.24) is 0 Å². The Morgan fingerprint density at radius 2 is 1.70 bits per heavy atom. The van der Waals surface area contributed by atoms with Crippen molar-refractivity contribution in [2.75, 3.05) is 18.1 Å². The molecule has 2 aromatic rings. The second-order valence-electron chi connectivity index (χ2n) is 7.52. The number of benzene rings is 2. The Balaban J connectivity index is 1.47. The van der Waals surface area contributed by atoms with Crippen LogP contribution in [0.15, 0.2) is 42.5 Å². The Bertz CT molecular complexity index is 978. The number of hydrogen-bond donors (Lipinski definition) is 0. The number of aryl methyl sites for hydroxylation is 2. The maximum atomic E-state index is 12.3. The summed E-state index contributed by atoms with van der Waals surface area (Å²) in [5, 5.41) is 0. The van der Waals surface area contributed by atoms with Crippen molar-refractivity contribution in [3.8, 4) is 0 Å². The van der Waals surface area contributed by atoms with E-state index in [1.165, 1.54) is 0 Å². The van der Waals surface area contributed by atoms with E-state index in [0.29, 0.717) is 24.1 Å².